The number of hydrogen-bond acceptors (Lipinski definition) is 3. The number of para-hydroxylation sites is 1. The number of benzene rings is 2. The van der Waals surface area contributed by atoms with E-state index in [4.69, 9.17) is 4.99 Å². The number of rotatable bonds is 7. The van der Waals surface area contributed by atoms with Crippen LogP contribution >= 0.6 is 0 Å². The fourth-order valence-corrected chi connectivity index (χ4v) is 3.87. The number of imidazole rings is 1. The third-order valence-electron chi connectivity index (χ3n) is 5.64. The van der Waals surface area contributed by atoms with E-state index in [1.807, 2.05) is 52.3 Å². The van der Waals surface area contributed by atoms with Crippen LogP contribution in [0.2, 0.25) is 0 Å². The van der Waals surface area contributed by atoms with Crippen LogP contribution in [-0.2, 0) is 6.54 Å². The van der Waals surface area contributed by atoms with Crippen LogP contribution in [0.1, 0.15) is 61.8 Å². The van der Waals surface area contributed by atoms with Gasteiger partial charge in [-0.15, -0.1) is 5.75 Å². The summed E-state index contributed by atoms with van der Waals surface area (Å²) in [6, 6.07) is 13.6. The molecule has 0 saturated carbocycles. The van der Waals surface area contributed by atoms with Gasteiger partial charge in [0.1, 0.15) is 25.1 Å². The first-order valence-electron chi connectivity index (χ1n) is 11.3. The van der Waals surface area contributed by atoms with Crippen LogP contribution in [0.5, 0.6) is 5.75 Å². The second-order valence-corrected chi connectivity index (χ2v) is 8.82. The minimum absolute atomic E-state index is 0.0266. The van der Waals surface area contributed by atoms with Crippen molar-refractivity contribution in [1.82, 2.24) is 9.55 Å². The van der Waals surface area contributed by atoms with Gasteiger partial charge >= 0.3 is 5.95 Å². The van der Waals surface area contributed by atoms with Crippen LogP contribution in [0.4, 0.5) is 5.69 Å². The first-order chi connectivity index (χ1) is 15.9. The Labute approximate surface area is 194 Å². The number of H-pyrrole nitrogens is 1. The first-order valence-corrected chi connectivity index (χ1v) is 11.3. The predicted molar refractivity (Wildman–Crippen MR) is 127 cm³/mol. The Morgan fingerprint density at radius 3 is 2.52 bits per heavy atom. The molecule has 0 aliphatic heterocycles. The maximum Gasteiger partial charge on any atom is 0.403 e. The van der Waals surface area contributed by atoms with Crippen molar-refractivity contribution in [2.45, 2.75) is 46.1 Å². The number of nitrogens with one attached hydrogen (secondary N) is 1. The molecule has 0 saturated heterocycles. The average molecular weight is 441 g/mol. The lowest BCUT2D eigenvalue weighted by Gasteiger charge is -2.17. The molecule has 0 bridgehead atoms. The molecule has 168 valence electrons. The Morgan fingerprint density at radius 1 is 1.09 bits per heavy atom. The Hall–Kier alpha value is -3.80. The first kappa shape index (κ1) is 22.4. The van der Waals surface area contributed by atoms with E-state index < -0.39 is 0 Å². The van der Waals surface area contributed by atoms with Gasteiger partial charge in [-0.1, -0.05) is 63.0 Å². The van der Waals surface area contributed by atoms with Gasteiger partial charge in [-0.25, -0.2) is 9.55 Å². The van der Waals surface area contributed by atoms with E-state index in [9.17, 15) is 5.11 Å². The van der Waals surface area contributed by atoms with Gasteiger partial charge in [0.2, 0.25) is 6.33 Å². The van der Waals surface area contributed by atoms with Crippen LogP contribution in [-0.4, -0.2) is 15.8 Å². The summed E-state index contributed by atoms with van der Waals surface area (Å²) in [6.07, 6.45) is 11.2. The van der Waals surface area contributed by atoms with E-state index in [-0.39, 0.29) is 5.75 Å². The van der Waals surface area contributed by atoms with Crippen molar-refractivity contribution in [1.29, 1.82) is 0 Å². The third-order valence-corrected chi connectivity index (χ3v) is 5.64. The van der Waals surface area contributed by atoms with Crippen molar-refractivity contribution < 1.29 is 14.7 Å². The quantitative estimate of drug-likeness (QED) is 0.321. The van der Waals surface area contributed by atoms with E-state index in [0.29, 0.717) is 23.9 Å². The van der Waals surface area contributed by atoms with Crippen molar-refractivity contribution in [3.05, 3.63) is 95.8 Å². The summed E-state index contributed by atoms with van der Waals surface area (Å²) in [6.45, 7) is 9.32. The fourth-order valence-electron chi connectivity index (χ4n) is 3.87. The molecule has 0 atom stereocenters. The Morgan fingerprint density at radius 2 is 1.85 bits per heavy atom. The molecular weight excluding hydrogens is 410 g/mol. The lowest BCUT2D eigenvalue weighted by atomic mass is 9.93. The van der Waals surface area contributed by atoms with E-state index in [0.717, 1.165) is 17.2 Å². The van der Waals surface area contributed by atoms with Gasteiger partial charge in [-0.3, -0.25) is 4.99 Å². The molecule has 1 N–H and O–H groups in total. The van der Waals surface area contributed by atoms with Crippen LogP contribution < -0.4 is 14.7 Å². The number of hydrogen-bond donors (Lipinski definition) is 0. The molecule has 6 heteroatoms. The molecule has 4 aromatic rings. The molecule has 0 amide bonds. The largest absolute Gasteiger partial charge is 0.872 e. The molecule has 0 radical (unpaired) electrons. The number of nitrogens with zero attached hydrogens (tertiary/aromatic N) is 4. The van der Waals surface area contributed by atoms with Gasteiger partial charge in [0, 0.05) is 12.3 Å². The van der Waals surface area contributed by atoms with Gasteiger partial charge < -0.3 is 5.11 Å². The minimum Gasteiger partial charge on any atom is -0.872 e. The molecule has 0 spiro atoms. The summed E-state index contributed by atoms with van der Waals surface area (Å²) in [7, 11) is 0. The van der Waals surface area contributed by atoms with Crippen molar-refractivity contribution in [2.75, 3.05) is 0 Å². The fraction of sp³-hybridized carbons (Fsp3) is 0.259. The maximum atomic E-state index is 12.6. The molecular formula is C27H30N5O+. The molecule has 0 aliphatic carbocycles. The molecule has 33 heavy (non-hydrogen) atoms. The van der Waals surface area contributed by atoms with E-state index in [1.54, 1.807) is 18.5 Å². The summed E-state index contributed by atoms with van der Waals surface area (Å²) in [5, 5.41) is 12.6. The van der Waals surface area contributed by atoms with Crippen LogP contribution in [0, 0.1) is 0 Å². The monoisotopic (exact) mass is 440 g/mol. The molecule has 6 nitrogen and oxygen atoms in total. The number of aromatic amines is 1. The highest BCUT2D eigenvalue weighted by Gasteiger charge is 2.13. The topological polar surface area (TPSA) is 71.3 Å². The zero-order valence-corrected chi connectivity index (χ0v) is 19.6. The SMILES string of the molecule is CC(C)c1cccc(C(C)C)c1N=Cc1cc(C[n+]2ccn(-c3nccc[nH+]3)c2)ccc1[O-]. The summed E-state index contributed by atoms with van der Waals surface area (Å²) >= 11 is 0. The van der Waals surface area contributed by atoms with Crippen LogP contribution in [0.25, 0.3) is 5.95 Å². The third kappa shape index (κ3) is 5.17. The standard InChI is InChI=1S/C27H29N5O/c1-19(2)23-7-5-8-24(20(3)4)26(23)30-16-22-15-21(9-10-25(22)33)17-31-13-14-32(18-31)27-28-11-6-12-29-27/h5-16,18-20H,17H2,1-4H3/p+1. The summed E-state index contributed by atoms with van der Waals surface area (Å²) < 4.78 is 3.97. The molecule has 2 aromatic carbocycles. The molecule has 2 aromatic heterocycles. The van der Waals surface area contributed by atoms with Crippen molar-refractivity contribution in [3.8, 4) is 11.7 Å². The minimum atomic E-state index is -0.0266. The van der Waals surface area contributed by atoms with Crippen LogP contribution in [0.15, 0.2) is 78.6 Å². The van der Waals surface area contributed by atoms with Crippen molar-refractivity contribution >= 4 is 11.9 Å². The van der Waals surface area contributed by atoms with Crippen molar-refractivity contribution in [2.24, 2.45) is 4.99 Å². The zero-order chi connectivity index (χ0) is 23.4. The average Bonchev–Trinajstić information content (AvgIpc) is 3.28. The van der Waals surface area contributed by atoms with Gasteiger partial charge in [0.05, 0.1) is 11.9 Å². The Bertz CT molecular complexity index is 1230. The van der Waals surface area contributed by atoms with Gasteiger partial charge in [-0.2, -0.15) is 4.57 Å². The summed E-state index contributed by atoms with van der Waals surface area (Å²) in [4.78, 5) is 12.3. The Balaban J connectivity index is 1.61. The van der Waals surface area contributed by atoms with E-state index in [1.165, 1.54) is 11.1 Å². The molecule has 4 rings (SSSR count). The second-order valence-electron chi connectivity index (χ2n) is 8.82. The zero-order valence-electron chi connectivity index (χ0n) is 19.6. The van der Waals surface area contributed by atoms with Crippen molar-refractivity contribution in [3.63, 3.8) is 0 Å². The Kier molecular flexibility index (Phi) is 6.63. The number of aliphatic imine (C=N–C) groups is 1. The highest BCUT2D eigenvalue weighted by molar-refractivity contribution is 5.86. The normalized spacial score (nSPS) is 11.7. The lowest BCUT2D eigenvalue weighted by Crippen LogP contribution is -2.32. The second kappa shape index (κ2) is 9.77. The molecule has 0 fully saturated rings. The maximum absolute atomic E-state index is 12.6. The van der Waals surface area contributed by atoms with Gasteiger partial charge in [0.15, 0.2) is 0 Å². The summed E-state index contributed by atoms with van der Waals surface area (Å²) in [5.74, 6) is 1.42. The van der Waals surface area contributed by atoms with E-state index >= 15 is 0 Å². The molecule has 0 aliphatic rings. The lowest BCUT2D eigenvalue weighted by molar-refractivity contribution is -0.687. The number of aromatic nitrogens is 4. The van der Waals surface area contributed by atoms with Gasteiger partial charge in [-0.05, 0) is 40.2 Å². The van der Waals surface area contributed by atoms with Crippen LogP contribution in [0.3, 0.4) is 0 Å². The highest BCUT2D eigenvalue weighted by Crippen LogP contribution is 2.34. The highest BCUT2D eigenvalue weighted by atomic mass is 16.3. The molecule has 2 heterocycles. The van der Waals surface area contributed by atoms with E-state index in [2.05, 4.69) is 55.9 Å². The predicted octanol–water partition coefficient (Wildman–Crippen LogP) is 4.09. The smallest absolute Gasteiger partial charge is 0.403 e. The summed E-state index contributed by atoms with van der Waals surface area (Å²) in [5.41, 5.74) is 5.00. The molecule has 0 unspecified atom stereocenters. The van der Waals surface area contributed by atoms with Gasteiger partial charge in [0.25, 0.3) is 0 Å².